The normalized spacial score (nSPS) is 22.0. The fraction of sp³-hybridized carbons (Fsp3) is 0.611. The molecule has 3 rings (SSSR count). The van der Waals surface area contributed by atoms with Crippen LogP contribution in [0.4, 0.5) is 5.69 Å². The van der Waals surface area contributed by atoms with E-state index in [0.29, 0.717) is 6.42 Å². The number of rotatable bonds is 3. The van der Waals surface area contributed by atoms with E-state index in [4.69, 9.17) is 0 Å². The van der Waals surface area contributed by atoms with E-state index < -0.39 is 0 Å². The number of nitrogens with zero attached hydrogens (tertiary/aromatic N) is 1. The lowest BCUT2D eigenvalue weighted by atomic mass is 9.90. The number of nitrogens with one attached hydrogen (secondary N) is 1. The van der Waals surface area contributed by atoms with Gasteiger partial charge in [0.15, 0.2) is 0 Å². The van der Waals surface area contributed by atoms with Crippen molar-refractivity contribution in [3.05, 3.63) is 29.3 Å². The second-order valence-electron chi connectivity index (χ2n) is 6.38. The van der Waals surface area contributed by atoms with Crippen molar-refractivity contribution in [1.82, 2.24) is 5.32 Å². The Morgan fingerprint density at radius 3 is 3.05 bits per heavy atom. The number of anilines is 1. The van der Waals surface area contributed by atoms with Gasteiger partial charge in [0.25, 0.3) is 0 Å². The van der Waals surface area contributed by atoms with Crippen LogP contribution in [-0.2, 0) is 17.6 Å². The Morgan fingerprint density at radius 2 is 2.29 bits per heavy atom. The minimum Gasteiger partial charge on any atom is -0.316 e. The largest absolute Gasteiger partial charge is 0.316 e. The summed E-state index contributed by atoms with van der Waals surface area (Å²) in [5.41, 5.74) is 3.95. The number of hydrogen-bond acceptors (Lipinski definition) is 2. The zero-order valence-electron chi connectivity index (χ0n) is 13.0. The Kier molecular flexibility index (Phi) is 4.59. The van der Waals surface area contributed by atoms with Gasteiger partial charge in [-0.05, 0) is 68.3 Å². The topological polar surface area (TPSA) is 32.3 Å². The van der Waals surface area contributed by atoms with Gasteiger partial charge in [-0.15, -0.1) is 0 Å². The number of amides is 1. The molecule has 1 atom stereocenters. The number of benzene rings is 1. The molecule has 0 aromatic heterocycles. The van der Waals surface area contributed by atoms with Crippen molar-refractivity contribution in [1.29, 1.82) is 0 Å². The highest BCUT2D eigenvalue weighted by molar-refractivity contribution is 5.94. The van der Waals surface area contributed by atoms with E-state index in [-0.39, 0.29) is 5.91 Å². The highest BCUT2D eigenvalue weighted by Gasteiger charge is 2.22. The molecule has 1 saturated heterocycles. The predicted octanol–water partition coefficient (Wildman–Crippen LogP) is 2.92. The van der Waals surface area contributed by atoms with Crippen LogP contribution in [0.2, 0.25) is 0 Å². The first-order valence-electron chi connectivity index (χ1n) is 8.41. The maximum Gasteiger partial charge on any atom is 0.226 e. The predicted molar refractivity (Wildman–Crippen MR) is 86.7 cm³/mol. The van der Waals surface area contributed by atoms with Crippen LogP contribution in [0, 0.1) is 5.92 Å². The Bertz CT molecular complexity index is 506. The van der Waals surface area contributed by atoms with Crippen molar-refractivity contribution in [2.75, 3.05) is 24.5 Å². The van der Waals surface area contributed by atoms with Gasteiger partial charge in [0, 0.05) is 18.7 Å². The van der Waals surface area contributed by atoms with Crippen molar-refractivity contribution < 1.29 is 4.79 Å². The van der Waals surface area contributed by atoms with Crippen LogP contribution in [0.3, 0.4) is 0 Å². The van der Waals surface area contributed by atoms with Crippen LogP contribution in [0.15, 0.2) is 18.2 Å². The number of hydrogen-bond donors (Lipinski definition) is 1. The molecule has 0 aliphatic carbocycles. The minimum atomic E-state index is 0.250. The molecule has 0 spiro atoms. The second kappa shape index (κ2) is 6.61. The van der Waals surface area contributed by atoms with E-state index >= 15 is 0 Å². The number of fused-ring (bicyclic) bond motifs is 1. The molecule has 1 aromatic carbocycles. The third kappa shape index (κ3) is 3.29. The highest BCUT2D eigenvalue weighted by atomic mass is 16.2. The molecule has 114 valence electrons. The van der Waals surface area contributed by atoms with Gasteiger partial charge >= 0.3 is 0 Å². The second-order valence-corrected chi connectivity index (χ2v) is 6.38. The first-order valence-corrected chi connectivity index (χ1v) is 8.41. The lowest BCUT2D eigenvalue weighted by molar-refractivity contribution is -0.118. The molecule has 2 aliphatic rings. The first-order chi connectivity index (χ1) is 10.3. The zero-order chi connectivity index (χ0) is 14.7. The number of carbonyl (C=O) groups excluding carboxylic acids is 1. The summed E-state index contributed by atoms with van der Waals surface area (Å²) in [5.74, 6) is 1.02. The summed E-state index contributed by atoms with van der Waals surface area (Å²) in [6, 6.07) is 6.75. The molecule has 1 N–H and O–H groups in total. The minimum absolute atomic E-state index is 0.250. The first kappa shape index (κ1) is 14.6. The summed E-state index contributed by atoms with van der Waals surface area (Å²) >= 11 is 0. The molecule has 3 heteroatoms. The van der Waals surface area contributed by atoms with Gasteiger partial charge in [0.05, 0.1) is 0 Å². The van der Waals surface area contributed by atoms with Crippen LogP contribution < -0.4 is 10.2 Å². The van der Waals surface area contributed by atoms with Crippen LogP contribution >= 0.6 is 0 Å². The van der Waals surface area contributed by atoms with Gasteiger partial charge < -0.3 is 10.2 Å². The van der Waals surface area contributed by atoms with Crippen molar-refractivity contribution in [3.8, 4) is 0 Å². The molecule has 2 aliphatic heterocycles. The Balaban J connectivity index is 1.75. The Morgan fingerprint density at radius 1 is 1.38 bits per heavy atom. The quantitative estimate of drug-likeness (QED) is 0.926. The molecule has 0 bridgehead atoms. The average Bonchev–Trinajstić information content (AvgIpc) is 2.54. The van der Waals surface area contributed by atoms with Gasteiger partial charge in [0.2, 0.25) is 5.91 Å². The summed E-state index contributed by atoms with van der Waals surface area (Å²) in [6.45, 7) is 5.15. The summed E-state index contributed by atoms with van der Waals surface area (Å²) in [5, 5.41) is 3.49. The van der Waals surface area contributed by atoms with Crippen molar-refractivity contribution in [2.45, 2.75) is 45.4 Å². The van der Waals surface area contributed by atoms with E-state index in [2.05, 4.69) is 23.5 Å². The van der Waals surface area contributed by atoms with Gasteiger partial charge in [-0.1, -0.05) is 19.1 Å². The van der Waals surface area contributed by atoms with Crippen LogP contribution in [0.1, 0.15) is 43.7 Å². The van der Waals surface area contributed by atoms with E-state index in [1.165, 1.54) is 36.9 Å². The maximum atomic E-state index is 12.0. The van der Waals surface area contributed by atoms with Gasteiger partial charge in [0.1, 0.15) is 0 Å². The van der Waals surface area contributed by atoms with Crippen LogP contribution in [-0.4, -0.2) is 25.5 Å². The van der Waals surface area contributed by atoms with Crippen molar-refractivity contribution in [2.24, 2.45) is 5.92 Å². The molecule has 0 radical (unpaired) electrons. The molecule has 1 aromatic rings. The molecule has 3 nitrogen and oxygen atoms in total. The van der Waals surface area contributed by atoms with Crippen LogP contribution in [0.5, 0.6) is 0 Å². The zero-order valence-corrected chi connectivity index (χ0v) is 13.0. The van der Waals surface area contributed by atoms with Crippen molar-refractivity contribution >= 4 is 11.6 Å². The number of aryl methyl sites for hydroxylation is 1. The van der Waals surface area contributed by atoms with Gasteiger partial charge in [-0.2, -0.15) is 0 Å². The number of piperidine rings is 1. The van der Waals surface area contributed by atoms with Crippen LogP contribution in [0.25, 0.3) is 0 Å². The fourth-order valence-electron chi connectivity index (χ4n) is 3.66. The lowest BCUT2D eigenvalue weighted by Crippen LogP contribution is -2.35. The van der Waals surface area contributed by atoms with Crippen molar-refractivity contribution in [3.63, 3.8) is 0 Å². The molecule has 2 heterocycles. The highest BCUT2D eigenvalue weighted by Crippen LogP contribution is 2.29. The van der Waals surface area contributed by atoms with E-state index in [9.17, 15) is 4.79 Å². The SMILES string of the molecule is CCC(=O)N1CCCc2cc(CC3CCCNC3)ccc21. The molecule has 1 unspecified atom stereocenters. The van der Waals surface area contributed by atoms with Gasteiger partial charge in [-0.25, -0.2) is 0 Å². The molecular formula is C18H26N2O. The maximum absolute atomic E-state index is 12.0. The monoisotopic (exact) mass is 286 g/mol. The summed E-state index contributed by atoms with van der Waals surface area (Å²) < 4.78 is 0. The standard InChI is InChI=1S/C18H26N2O/c1-2-18(21)20-10-4-6-16-12-14(7-8-17(16)20)11-15-5-3-9-19-13-15/h7-8,12,15,19H,2-6,9-11,13H2,1H3. The van der Waals surface area contributed by atoms with E-state index in [1.807, 2.05) is 11.8 Å². The number of carbonyl (C=O) groups is 1. The smallest absolute Gasteiger partial charge is 0.226 e. The molecule has 1 fully saturated rings. The molecule has 21 heavy (non-hydrogen) atoms. The average molecular weight is 286 g/mol. The summed E-state index contributed by atoms with van der Waals surface area (Å²) in [7, 11) is 0. The molecule has 1 amide bonds. The molecular weight excluding hydrogens is 260 g/mol. The summed E-state index contributed by atoms with van der Waals surface area (Å²) in [6.07, 6.45) is 6.60. The van der Waals surface area contributed by atoms with E-state index in [1.54, 1.807) is 0 Å². The lowest BCUT2D eigenvalue weighted by Gasteiger charge is -2.30. The van der Waals surface area contributed by atoms with Gasteiger partial charge in [-0.3, -0.25) is 4.79 Å². The third-order valence-electron chi connectivity index (χ3n) is 4.79. The third-order valence-corrected chi connectivity index (χ3v) is 4.79. The Hall–Kier alpha value is -1.35. The van der Waals surface area contributed by atoms with E-state index in [0.717, 1.165) is 37.5 Å². The molecule has 0 saturated carbocycles. The summed E-state index contributed by atoms with van der Waals surface area (Å²) in [4.78, 5) is 14.0. The fourth-order valence-corrected chi connectivity index (χ4v) is 3.66. The Labute approximate surface area is 127 Å².